The maximum absolute atomic E-state index is 13.4. The number of esters is 1. The molecule has 2 aromatic rings. The van der Waals surface area contributed by atoms with Crippen molar-refractivity contribution < 1.29 is 19.4 Å². The number of ether oxygens (including phenoxy) is 2. The van der Waals surface area contributed by atoms with E-state index < -0.39 is 11.5 Å². The summed E-state index contributed by atoms with van der Waals surface area (Å²) in [4.78, 5) is 19.4. The first-order chi connectivity index (χ1) is 13.5. The lowest BCUT2D eigenvalue weighted by Crippen LogP contribution is -2.68. The van der Waals surface area contributed by atoms with E-state index in [0.717, 1.165) is 54.7 Å². The summed E-state index contributed by atoms with van der Waals surface area (Å²) >= 11 is 0. The quantitative estimate of drug-likeness (QED) is 0.794. The molecule has 1 unspecified atom stereocenters. The number of aliphatic hydroxyl groups excluding tert-OH is 1. The molecule has 3 aliphatic heterocycles. The fourth-order valence-corrected chi connectivity index (χ4v) is 6.39. The van der Waals surface area contributed by atoms with Crippen LogP contribution in [0.3, 0.4) is 0 Å². The summed E-state index contributed by atoms with van der Waals surface area (Å²) < 4.78 is 10.8. The highest BCUT2D eigenvalue weighted by atomic mass is 16.5. The number of benzene rings is 1. The van der Waals surface area contributed by atoms with E-state index in [9.17, 15) is 9.90 Å². The SMILES string of the molecule is COC(=O)[C@@]12C[C@H]3C[C@@H]([C@H](C)O)[C@@H]1N(CCc1c2[nH]c2cc(OC)ccc12)C3. The number of nitrogens with one attached hydrogen (secondary N) is 1. The number of fused-ring (bicyclic) bond motifs is 4. The number of aromatic nitrogens is 1. The van der Waals surface area contributed by atoms with E-state index in [1.807, 2.05) is 19.1 Å². The van der Waals surface area contributed by atoms with Gasteiger partial charge in [0.25, 0.3) is 0 Å². The highest BCUT2D eigenvalue weighted by molar-refractivity contribution is 5.92. The minimum absolute atomic E-state index is 0.0406. The maximum Gasteiger partial charge on any atom is 0.319 e. The number of methoxy groups -OCH3 is 2. The molecule has 1 saturated carbocycles. The highest BCUT2D eigenvalue weighted by Gasteiger charge is 2.63. The topological polar surface area (TPSA) is 74.8 Å². The van der Waals surface area contributed by atoms with E-state index >= 15 is 0 Å². The Kier molecular flexibility index (Phi) is 4.00. The summed E-state index contributed by atoms with van der Waals surface area (Å²) in [6.45, 7) is 3.76. The normalized spacial score (nSPS) is 34.6. The first kappa shape index (κ1) is 18.0. The van der Waals surface area contributed by atoms with Gasteiger partial charge in [-0.2, -0.15) is 0 Å². The van der Waals surface area contributed by atoms with E-state index in [1.54, 1.807) is 7.11 Å². The Morgan fingerprint density at radius 1 is 1.39 bits per heavy atom. The van der Waals surface area contributed by atoms with E-state index in [4.69, 9.17) is 9.47 Å². The minimum Gasteiger partial charge on any atom is -0.497 e. The molecule has 6 heteroatoms. The average Bonchev–Trinajstić information content (AvgIpc) is 3.04. The number of carbonyl (C=O) groups excluding carboxylic acids is 1. The lowest BCUT2D eigenvalue weighted by molar-refractivity contribution is -0.166. The van der Waals surface area contributed by atoms with Gasteiger partial charge in [-0.05, 0) is 49.8 Å². The summed E-state index contributed by atoms with van der Waals surface area (Å²) in [6.07, 6.45) is 2.18. The third-order valence-corrected chi connectivity index (χ3v) is 7.39. The molecule has 0 radical (unpaired) electrons. The molecule has 1 aromatic heterocycles. The van der Waals surface area contributed by atoms with Gasteiger partial charge in [-0.3, -0.25) is 9.69 Å². The molecule has 3 fully saturated rings. The van der Waals surface area contributed by atoms with Gasteiger partial charge in [0.1, 0.15) is 11.2 Å². The van der Waals surface area contributed by atoms with Gasteiger partial charge in [0.2, 0.25) is 0 Å². The molecule has 1 aliphatic carbocycles. The molecule has 6 nitrogen and oxygen atoms in total. The Morgan fingerprint density at radius 3 is 2.93 bits per heavy atom. The predicted octanol–water partition coefficient (Wildman–Crippen LogP) is 2.23. The van der Waals surface area contributed by atoms with E-state index in [0.29, 0.717) is 5.92 Å². The molecule has 2 N–H and O–H groups in total. The van der Waals surface area contributed by atoms with Crippen molar-refractivity contribution in [1.82, 2.24) is 9.88 Å². The monoisotopic (exact) mass is 384 g/mol. The van der Waals surface area contributed by atoms with Gasteiger partial charge in [0.15, 0.2) is 0 Å². The van der Waals surface area contributed by atoms with Crippen LogP contribution in [0.5, 0.6) is 5.75 Å². The zero-order valence-electron chi connectivity index (χ0n) is 16.7. The van der Waals surface area contributed by atoms with E-state index in [-0.39, 0.29) is 17.9 Å². The summed E-state index contributed by atoms with van der Waals surface area (Å²) in [5, 5.41) is 11.7. The number of nitrogens with zero attached hydrogens (tertiary/aromatic N) is 1. The summed E-state index contributed by atoms with van der Waals surface area (Å²) in [7, 11) is 3.15. The molecular formula is C22H28N2O4. The van der Waals surface area contributed by atoms with Gasteiger partial charge in [-0.25, -0.2) is 0 Å². The predicted molar refractivity (Wildman–Crippen MR) is 106 cm³/mol. The molecule has 2 saturated heterocycles. The number of carbonyl (C=O) groups is 1. The van der Waals surface area contributed by atoms with E-state index in [1.165, 1.54) is 12.7 Å². The van der Waals surface area contributed by atoms with Crippen LogP contribution in [-0.4, -0.2) is 60.4 Å². The van der Waals surface area contributed by atoms with Crippen molar-refractivity contribution in [3.63, 3.8) is 0 Å². The molecule has 4 heterocycles. The van der Waals surface area contributed by atoms with Crippen molar-refractivity contribution in [3.8, 4) is 5.75 Å². The van der Waals surface area contributed by atoms with Crippen molar-refractivity contribution in [3.05, 3.63) is 29.5 Å². The Labute approximate surface area is 164 Å². The van der Waals surface area contributed by atoms with Crippen LogP contribution >= 0.6 is 0 Å². The van der Waals surface area contributed by atoms with Crippen LogP contribution in [0.1, 0.15) is 31.0 Å². The standard InChI is InChI=1S/C22H28N2O4/c1-12(25)17-8-13-10-22(21(26)28-3)19-16(6-7-24(11-13)20(17)22)15-5-4-14(27-2)9-18(15)23-19/h4-5,9,12-13,17,20,23,25H,6-8,10-11H2,1-3H3/t12-,13+,17-,20-,22+/m0/s1. The highest BCUT2D eigenvalue weighted by Crippen LogP contribution is 2.55. The maximum atomic E-state index is 13.4. The Hall–Kier alpha value is -2.05. The Bertz CT molecular complexity index is 936. The van der Waals surface area contributed by atoms with Crippen LogP contribution < -0.4 is 4.74 Å². The second-order valence-electron chi connectivity index (χ2n) is 8.75. The fourth-order valence-electron chi connectivity index (χ4n) is 6.39. The molecule has 28 heavy (non-hydrogen) atoms. The molecule has 150 valence electrons. The largest absolute Gasteiger partial charge is 0.497 e. The zero-order valence-corrected chi connectivity index (χ0v) is 16.7. The van der Waals surface area contributed by atoms with Crippen LogP contribution in [0.4, 0.5) is 0 Å². The van der Waals surface area contributed by atoms with Crippen molar-refractivity contribution in [1.29, 1.82) is 0 Å². The number of hydrogen-bond acceptors (Lipinski definition) is 5. The molecule has 4 aliphatic rings. The Balaban J connectivity index is 1.78. The smallest absolute Gasteiger partial charge is 0.319 e. The van der Waals surface area contributed by atoms with Crippen molar-refractivity contribution in [2.75, 3.05) is 27.3 Å². The number of hydrogen-bond donors (Lipinski definition) is 2. The second-order valence-corrected chi connectivity index (χ2v) is 8.75. The summed E-state index contributed by atoms with van der Waals surface area (Å²) in [5.74, 6) is 1.07. The molecule has 1 aromatic carbocycles. The summed E-state index contributed by atoms with van der Waals surface area (Å²) in [5.41, 5.74) is 2.44. The van der Waals surface area contributed by atoms with Crippen molar-refractivity contribution in [2.45, 2.75) is 43.7 Å². The Morgan fingerprint density at radius 2 is 2.21 bits per heavy atom. The molecule has 6 rings (SSSR count). The molecular weight excluding hydrogens is 356 g/mol. The molecule has 6 atom stereocenters. The van der Waals surface area contributed by atoms with Gasteiger partial charge in [-0.15, -0.1) is 0 Å². The number of rotatable bonds is 3. The van der Waals surface area contributed by atoms with Gasteiger partial charge in [0, 0.05) is 47.7 Å². The lowest BCUT2D eigenvalue weighted by Gasteiger charge is -2.58. The second kappa shape index (κ2) is 6.22. The van der Waals surface area contributed by atoms with Gasteiger partial charge < -0.3 is 19.6 Å². The van der Waals surface area contributed by atoms with Crippen LogP contribution in [0.15, 0.2) is 18.2 Å². The first-order valence-corrected chi connectivity index (χ1v) is 10.2. The van der Waals surface area contributed by atoms with Crippen LogP contribution in [0.2, 0.25) is 0 Å². The third-order valence-electron chi connectivity index (χ3n) is 7.39. The van der Waals surface area contributed by atoms with E-state index in [2.05, 4.69) is 16.0 Å². The minimum atomic E-state index is -0.754. The molecule has 0 amide bonds. The number of H-pyrrole nitrogens is 1. The third kappa shape index (κ3) is 2.25. The van der Waals surface area contributed by atoms with Crippen molar-refractivity contribution >= 4 is 16.9 Å². The van der Waals surface area contributed by atoms with Gasteiger partial charge in [-0.1, -0.05) is 0 Å². The zero-order chi connectivity index (χ0) is 19.6. The molecule has 4 bridgehead atoms. The van der Waals surface area contributed by atoms with Crippen LogP contribution in [0.25, 0.3) is 10.9 Å². The fraction of sp³-hybridized carbons (Fsp3) is 0.591. The van der Waals surface area contributed by atoms with Gasteiger partial charge in [0.05, 0.1) is 20.3 Å². The number of piperidine rings is 2. The first-order valence-electron chi connectivity index (χ1n) is 10.2. The number of aromatic amines is 1. The van der Waals surface area contributed by atoms with Gasteiger partial charge >= 0.3 is 5.97 Å². The number of aliphatic hydroxyl groups is 1. The average molecular weight is 384 g/mol. The van der Waals surface area contributed by atoms with Crippen molar-refractivity contribution in [2.24, 2.45) is 11.8 Å². The lowest BCUT2D eigenvalue weighted by atomic mass is 9.56. The van der Waals surface area contributed by atoms with Crippen LogP contribution in [0, 0.1) is 11.8 Å². The summed E-state index contributed by atoms with van der Waals surface area (Å²) in [6, 6.07) is 6.02. The molecule has 0 spiro atoms. The van der Waals surface area contributed by atoms with Crippen LogP contribution in [-0.2, 0) is 21.4 Å².